The summed E-state index contributed by atoms with van der Waals surface area (Å²) in [7, 11) is -4.15. The Bertz CT molecular complexity index is 969. The Kier molecular flexibility index (Phi) is 7.47. The number of nitrogens with one attached hydrogen (secondary N) is 1. The van der Waals surface area contributed by atoms with E-state index < -0.39 is 21.5 Å². The molecule has 8 heteroatoms. The van der Waals surface area contributed by atoms with E-state index in [1.54, 1.807) is 23.1 Å². The predicted octanol–water partition coefficient (Wildman–Crippen LogP) is 4.70. The minimum absolute atomic E-state index is 0.0749. The topological polar surface area (TPSA) is 75.7 Å². The Morgan fingerprint density at radius 2 is 1.73 bits per heavy atom. The van der Waals surface area contributed by atoms with Gasteiger partial charge in [-0.2, -0.15) is 8.42 Å². The van der Waals surface area contributed by atoms with Gasteiger partial charge in [0.2, 0.25) is 0 Å². The molecule has 2 aromatic rings. The van der Waals surface area contributed by atoms with Crippen LogP contribution in [0.4, 0.5) is 9.18 Å². The Hall–Kier alpha value is -2.61. The van der Waals surface area contributed by atoms with E-state index >= 15 is 0 Å². The third kappa shape index (κ3) is 6.45. The van der Waals surface area contributed by atoms with Crippen LogP contribution >= 0.6 is 0 Å². The fraction of sp³-hybridized carbons (Fsp3) is 0.409. The molecule has 0 saturated heterocycles. The molecule has 0 unspecified atom stereocenters. The minimum atomic E-state index is -4.15. The summed E-state index contributed by atoms with van der Waals surface area (Å²) < 4.78 is 43.7. The molecular weight excluding hydrogens is 407 g/mol. The molecule has 0 bridgehead atoms. The maximum Gasteiger partial charge on any atom is 0.339 e. The highest BCUT2D eigenvalue weighted by Gasteiger charge is 2.25. The maximum atomic E-state index is 13.1. The molecular formula is C22H29FN2O4S. The lowest BCUT2D eigenvalue weighted by molar-refractivity contribution is 0.164. The number of para-hydroxylation sites is 1. The Morgan fingerprint density at radius 3 is 2.30 bits per heavy atom. The molecule has 2 amide bonds. The molecule has 0 aliphatic heterocycles. The smallest absolute Gasteiger partial charge is 0.339 e. The molecule has 0 aliphatic rings. The van der Waals surface area contributed by atoms with Gasteiger partial charge in [0.05, 0.1) is 6.54 Å². The number of amides is 2. The molecule has 30 heavy (non-hydrogen) atoms. The van der Waals surface area contributed by atoms with Gasteiger partial charge in [-0.15, -0.1) is 0 Å². The Morgan fingerprint density at radius 1 is 1.13 bits per heavy atom. The molecule has 2 rings (SSSR count). The van der Waals surface area contributed by atoms with Crippen LogP contribution in [0, 0.1) is 5.82 Å². The summed E-state index contributed by atoms with van der Waals surface area (Å²) in [5, 5.41) is 2.95. The van der Waals surface area contributed by atoms with E-state index in [-0.39, 0.29) is 29.3 Å². The van der Waals surface area contributed by atoms with Crippen molar-refractivity contribution in [3.8, 4) is 5.75 Å². The van der Waals surface area contributed by atoms with E-state index in [9.17, 15) is 17.6 Å². The summed E-state index contributed by atoms with van der Waals surface area (Å²) in [6.07, 6.45) is 0.731. The van der Waals surface area contributed by atoms with Crippen molar-refractivity contribution in [3.05, 3.63) is 59.9 Å². The number of carbonyl (C=O) groups is 1. The average molecular weight is 437 g/mol. The number of benzene rings is 2. The maximum absolute atomic E-state index is 13.1. The van der Waals surface area contributed by atoms with Crippen molar-refractivity contribution in [3.63, 3.8) is 0 Å². The third-order valence-electron chi connectivity index (χ3n) is 4.48. The van der Waals surface area contributed by atoms with Crippen LogP contribution in [-0.2, 0) is 16.7 Å². The molecule has 6 nitrogen and oxygen atoms in total. The number of hydrogen-bond donors (Lipinski definition) is 1. The molecule has 164 valence electrons. The highest BCUT2D eigenvalue weighted by Crippen LogP contribution is 2.25. The lowest BCUT2D eigenvalue weighted by atomic mass is 10.1. The van der Waals surface area contributed by atoms with Crippen LogP contribution in [0.2, 0.25) is 0 Å². The first kappa shape index (κ1) is 23.7. The van der Waals surface area contributed by atoms with E-state index in [1.807, 2.05) is 34.6 Å². The standard InChI is InChI=1S/C22H29FN2O4S/c1-6-16(2)25(21(26)24-22(3,4)5)15-17-9-7-8-10-20(17)29-30(27,28)19-13-11-18(23)12-14-19/h7-14,16H,6,15H2,1-5H3,(H,24,26)/t16-/m0/s1. The molecule has 0 fully saturated rings. The zero-order valence-electron chi connectivity index (χ0n) is 18.0. The summed E-state index contributed by atoms with van der Waals surface area (Å²) >= 11 is 0. The second kappa shape index (κ2) is 9.47. The highest BCUT2D eigenvalue weighted by molar-refractivity contribution is 7.87. The summed E-state index contributed by atoms with van der Waals surface area (Å²) in [4.78, 5) is 14.3. The number of rotatable bonds is 7. The molecule has 0 aromatic heterocycles. The Balaban J connectivity index is 2.32. The number of hydrogen-bond acceptors (Lipinski definition) is 4. The van der Waals surface area contributed by atoms with Crippen molar-refractivity contribution in [1.82, 2.24) is 10.2 Å². The highest BCUT2D eigenvalue weighted by atomic mass is 32.2. The average Bonchev–Trinajstić information content (AvgIpc) is 2.65. The van der Waals surface area contributed by atoms with E-state index in [1.165, 1.54) is 6.07 Å². The van der Waals surface area contributed by atoms with E-state index in [2.05, 4.69) is 5.32 Å². The summed E-state index contributed by atoms with van der Waals surface area (Å²) in [5.74, 6) is -0.415. The van der Waals surface area contributed by atoms with Crippen LogP contribution in [-0.4, -0.2) is 30.9 Å². The van der Waals surface area contributed by atoms with Crippen molar-refractivity contribution >= 4 is 16.1 Å². The molecule has 0 aliphatic carbocycles. The van der Waals surface area contributed by atoms with Gasteiger partial charge in [0.25, 0.3) is 0 Å². The SMILES string of the molecule is CC[C@H](C)N(Cc1ccccc1OS(=O)(=O)c1ccc(F)cc1)C(=O)NC(C)(C)C. The van der Waals surface area contributed by atoms with Gasteiger partial charge < -0.3 is 14.4 Å². The van der Waals surface area contributed by atoms with Crippen LogP contribution in [0.1, 0.15) is 46.6 Å². The number of urea groups is 1. The normalized spacial score (nSPS) is 12.9. The van der Waals surface area contributed by atoms with Crippen molar-refractivity contribution in [2.45, 2.75) is 64.1 Å². The zero-order valence-corrected chi connectivity index (χ0v) is 18.8. The van der Waals surface area contributed by atoms with Crippen LogP contribution in [0.5, 0.6) is 5.75 Å². The first-order valence-corrected chi connectivity index (χ1v) is 11.2. The largest absolute Gasteiger partial charge is 0.379 e. The first-order valence-electron chi connectivity index (χ1n) is 9.79. The molecule has 0 spiro atoms. The van der Waals surface area contributed by atoms with Gasteiger partial charge in [-0.3, -0.25) is 0 Å². The summed E-state index contributed by atoms with van der Waals surface area (Å²) in [6, 6.07) is 10.8. The van der Waals surface area contributed by atoms with Gasteiger partial charge in [0.15, 0.2) is 0 Å². The second-order valence-electron chi connectivity index (χ2n) is 8.16. The van der Waals surface area contributed by atoms with E-state index in [0.29, 0.717) is 5.56 Å². The van der Waals surface area contributed by atoms with Gasteiger partial charge >= 0.3 is 16.1 Å². The monoisotopic (exact) mass is 436 g/mol. The van der Waals surface area contributed by atoms with Crippen molar-refractivity contribution in [2.75, 3.05) is 0 Å². The lowest BCUT2D eigenvalue weighted by Crippen LogP contribution is -2.50. The van der Waals surface area contributed by atoms with Gasteiger partial charge in [0.1, 0.15) is 16.5 Å². The van der Waals surface area contributed by atoms with E-state index in [0.717, 1.165) is 30.7 Å². The molecule has 1 atom stereocenters. The fourth-order valence-electron chi connectivity index (χ4n) is 2.71. The summed E-state index contributed by atoms with van der Waals surface area (Å²) in [6.45, 7) is 9.76. The van der Waals surface area contributed by atoms with Gasteiger partial charge in [-0.05, 0) is 64.4 Å². The Labute approximate surface area is 178 Å². The van der Waals surface area contributed by atoms with Gasteiger partial charge in [-0.25, -0.2) is 9.18 Å². The van der Waals surface area contributed by atoms with Crippen LogP contribution in [0.15, 0.2) is 53.4 Å². The van der Waals surface area contributed by atoms with Crippen molar-refractivity contribution < 1.29 is 21.8 Å². The van der Waals surface area contributed by atoms with Crippen LogP contribution < -0.4 is 9.50 Å². The number of carbonyl (C=O) groups excluding carboxylic acids is 1. The molecule has 0 heterocycles. The molecule has 0 radical (unpaired) electrons. The zero-order chi connectivity index (χ0) is 22.5. The summed E-state index contributed by atoms with van der Waals surface area (Å²) in [5.41, 5.74) is 0.137. The molecule has 1 N–H and O–H groups in total. The fourth-order valence-corrected chi connectivity index (χ4v) is 3.67. The number of halogens is 1. The second-order valence-corrected chi connectivity index (χ2v) is 9.71. The molecule has 2 aromatic carbocycles. The quantitative estimate of drug-likeness (QED) is 0.638. The van der Waals surface area contributed by atoms with E-state index in [4.69, 9.17) is 4.18 Å². The third-order valence-corrected chi connectivity index (χ3v) is 5.73. The van der Waals surface area contributed by atoms with Gasteiger partial charge in [-0.1, -0.05) is 25.1 Å². The van der Waals surface area contributed by atoms with Crippen LogP contribution in [0.3, 0.4) is 0 Å². The van der Waals surface area contributed by atoms with Gasteiger partial charge in [0, 0.05) is 17.1 Å². The lowest BCUT2D eigenvalue weighted by Gasteiger charge is -2.32. The first-order chi connectivity index (χ1) is 13.9. The minimum Gasteiger partial charge on any atom is -0.379 e. The number of nitrogens with zero attached hydrogens (tertiary/aromatic N) is 1. The van der Waals surface area contributed by atoms with Crippen molar-refractivity contribution in [1.29, 1.82) is 0 Å². The van der Waals surface area contributed by atoms with Crippen LogP contribution in [0.25, 0.3) is 0 Å². The molecule has 0 saturated carbocycles. The predicted molar refractivity (Wildman–Crippen MR) is 114 cm³/mol. The van der Waals surface area contributed by atoms with Crippen molar-refractivity contribution in [2.24, 2.45) is 0 Å².